The van der Waals surface area contributed by atoms with Crippen molar-refractivity contribution in [1.82, 2.24) is 20.2 Å². The molecule has 0 saturated carbocycles. The normalized spacial score (nSPS) is 18.5. The monoisotopic (exact) mass is 345 g/mol. The van der Waals surface area contributed by atoms with Crippen LogP contribution in [0.2, 0.25) is 0 Å². The van der Waals surface area contributed by atoms with Gasteiger partial charge in [0.15, 0.2) is 5.13 Å². The van der Waals surface area contributed by atoms with E-state index in [2.05, 4.69) is 31.6 Å². The van der Waals surface area contributed by atoms with E-state index in [1.54, 1.807) is 18.0 Å². The van der Waals surface area contributed by atoms with Gasteiger partial charge in [0.05, 0.1) is 5.69 Å². The van der Waals surface area contributed by atoms with Gasteiger partial charge in [0.2, 0.25) is 5.91 Å². The molecule has 24 heavy (non-hydrogen) atoms. The second kappa shape index (κ2) is 7.83. The predicted octanol–water partition coefficient (Wildman–Crippen LogP) is 2.06. The molecule has 6 nitrogen and oxygen atoms in total. The highest BCUT2D eigenvalue weighted by atomic mass is 32.1. The molecule has 1 aliphatic heterocycles. The summed E-state index contributed by atoms with van der Waals surface area (Å²) in [5.74, 6) is 0.0359. The molecular weight excluding hydrogens is 322 g/mol. The van der Waals surface area contributed by atoms with Gasteiger partial charge in [0.25, 0.3) is 0 Å². The first kappa shape index (κ1) is 17.0. The number of carbonyl (C=O) groups excluding carboxylic acids is 1. The number of hydrogen-bond acceptors (Lipinski definition) is 6. The molecule has 0 aliphatic carbocycles. The average Bonchev–Trinajstić information content (AvgIpc) is 3.04. The Morgan fingerprint density at radius 1 is 1.54 bits per heavy atom. The molecule has 1 atom stereocenters. The van der Waals surface area contributed by atoms with Crippen LogP contribution in [0.5, 0.6) is 0 Å². The largest absolute Gasteiger partial charge is 0.314 e. The molecule has 1 saturated heterocycles. The third-order valence-corrected chi connectivity index (χ3v) is 5.17. The van der Waals surface area contributed by atoms with Gasteiger partial charge >= 0.3 is 0 Å². The van der Waals surface area contributed by atoms with Crippen molar-refractivity contribution in [2.24, 2.45) is 0 Å². The van der Waals surface area contributed by atoms with Crippen molar-refractivity contribution in [3.05, 3.63) is 41.2 Å². The third kappa shape index (κ3) is 3.80. The quantitative estimate of drug-likeness (QED) is 0.899. The van der Waals surface area contributed by atoms with Crippen LogP contribution >= 0.6 is 11.3 Å². The van der Waals surface area contributed by atoms with Crippen LogP contribution in [-0.4, -0.2) is 47.0 Å². The minimum atomic E-state index is 0.0359. The first-order chi connectivity index (χ1) is 11.7. The fourth-order valence-electron chi connectivity index (χ4n) is 3.03. The number of piperazine rings is 1. The summed E-state index contributed by atoms with van der Waals surface area (Å²) in [6.07, 6.45) is 3.74. The Kier molecular flexibility index (Phi) is 5.55. The Morgan fingerprint density at radius 3 is 3.12 bits per heavy atom. The van der Waals surface area contributed by atoms with Crippen LogP contribution in [0.4, 0.5) is 5.13 Å². The van der Waals surface area contributed by atoms with E-state index in [0.29, 0.717) is 12.6 Å². The van der Waals surface area contributed by atoms with Gasteiger partial charge in [-0.2, -0.15) is 0 Å². The van der Waals surface area contributed by atoms with Gasteiger partial charge in [-0.1, -0.05) is 6.07 Å². The maximum absolute atomic E-state index is 11.7. The number of aromatic nitrogens is 2. The molecule has 1 N–H and O–H groups in total. The Labute approximate surface area is 146 Å². The summed E-state index contributed by atoms with van der Waals surface area (Å²) in [6.45, 7) is 7.84. The van der Waals surface area contributed by atoms with Crippen molar-refractivity contribution in [1.29, 1.82) is 0 Å². The summed E-state index contributed by atoms with van der Waals surface area (Å²) in [5.41, 5.74) is 2.24. The first-order valence-corrected chi connectivity index (χ1v) is 9.14. The zero-order chi connectivity index (χ0) is 16.9. The van der Waals surface area contributed by atoms with Crippen molar-refractivity contribution in [2.45, 2.75) is 26.4 Å². The Bertz CT molecular complexity index is 675. The number of amides is 1. The maximum Gasteiger partial charge on any atom is 0.225 e. The van der Waals surface area contributed by atoms with Crippen LogP contribution in [0.1, 0.15) is 31.1 Å². The Balaban J connectivity index is 1.74. The van der Waals surface area contributed by atoms with E-state index in [1.165, 1.54) is 16.9 Å². The SMILES string of the molecule is CCN(C(C)=O)c1nc(CN2CCNCC2c2cccnc2)cs1. The summed E-state index contributed by atoms with van der Waals surface area (Å²) < 4.78 is 0. The minimum Gasteiger partial charge on any atom is -0.314 e. The molecule has 2 aromatic heterocycles. The summed E-state index contributed by atoms with van der Waals surface area (Å²) in [6, 6.07) is 4.40. The number of carbonyl (C=O) groups is 1. The fraction of sp³-hybridized carbons (Fsp3) is 0.471. The van der Waals surface area contributed by atoms with Crippen molar-refractivity contribution >= 4 is 22.4 Å². The summed E-state index contributed by atoms with van der Waals surface area (Å²) in [7, 11) is 0. The number of nitrogens with zero attached hydrogens (tertiary/aromatic N) is 4. The van der Waals surface area contributed by atoms with Crippen LogP contribution in [-0.2, 0) is 11.3 Å². The zero-order valence-corrected chi connectivity index (χ0v) is 14.9. The van der Waals surface area contributed by atoms with Crippen molar-refractivity contribution in [3.8, 4) is 0 Å². The number of anilines is 1. The molecule has 1 fully saturated rings. The molecule has 0 spiro atoms. The molecule has 2 aromatic rings. The molecule has 0 bridgehead atoms. The molecule has 0 aromatic carbocycles. The standard InChI is InChI=1S/C17H23N5OS/c1-3-22(13(2)23)17-20-15(12-24-17)11-21-8-7-19-10-16(21)14-5-4-6-18-9-14/h4-6,9,12,16,19H,3,7-8,10-11H2,1-2H3. The number of rotatable bonds is 5. The van der Waals surface area contributed by atoms with E-state index in [4.69, 9.17) is 0 Å². The van der Waals surface area contributed by atoms with E-state index >= 15 is 0 Å². The van der Waals surface area contributed by atoms with Crippen LogP contribution in [0.3, 0.4) is 0 Å². The molecule has 7 heteroatoms. The van der Waals surface area contributed by atoms with Crippen LogP contribution in [0, 0.1) is 0 Å². The predicted molar refractivity (Wildman–Crippen MR) is 96.1 cm³/mol. The van der Waals surface area contributed by atoms with Crippen molar-refractivity contribution in [2.75, 3.05) is 31.1 Å². The second-order valence-electron chi connectivity index (χ2n) is 5.86. The van der Waals surface area contributed by atoms with Gasteiger partial charge in [-0.05, 0) is 18.6 Å². The fourth-order valence-corrected chi connectivity index (χ4v) is 3.95. The Hall–Kier alpha value is -1.83. The van der Waals surface area contributed by atoms with Crippen molar-refractivity contribution < 1.29 is 4.79 Å². The number of thiazole rings is 1. The number of hydrogen-bond donors (Lipinski definition) is 1. The smallest absolute Gasteiger partial charge is 0.225 e. The van der Waals surface area contributed by atoms with Crippen LogP contribution in [0.25, 0.3) is 0 Å². The lowest BCUT2D eigenvalue weighted by molar-refractivity contribution is -0.116. The first-order valence-electron chi connectivity index (χ1n) is 8.26. The van der Waals surface area contributed by atoms with Gasteiger partial charge in [-0.25, -0.2) is 4.98 Å². The van der Waals surface area contributed by atoms with E-state index in [1.807, 2.05) is 19.2 Å². The van der Waals surface area contributed by atoms with E-state index in [-0.39, 0.29) is 5.91 Å². The van der Waals surface area contributed by atoms with Gasteiger partial charge in [-0.15, -0.1) is 11.3 Å². The summed E-state index contributed by atoms with van der Waals surface area (Å²) >= 11 is 1.54. The summed E-state index contributed by atoms with van der Waals surface area (Å²) in [5, 5.41) is 6.30. The number of pyridine rings is 1. The maximum atomic E-state index is 11.7. The lowest BCUT2D eigenvalue weighted by atomic mass is 10.1. The van der Waals surface area contributed by atoms with Crippen LogP contribution in [0.15, 0.2) is 29.9 Å². The molecule has 0 radical (unpaired) electrons. The topological polar surface area (TPSA) is 61.4 Å². The average molecular weight is 345 g/mol. The highest BCUT2D eigenvalue weighted by Gasteiger charge is 2.25. The highest BCUT2D eigenvalue weighted by molar-refractivity contribution is 7.14. The van der Waals surface area contributed by atoms with Gasteiger partial charge in [0, 0.05) is 63.5 Å². The van der Waals surface area contributed by atoms with Gasteiger partial charge < -0.3 is 5.32 Å². The molecule has 1 amide bonds. The number of nitrogens with one attached hydrogen (secondary N) is 1. The molecule has 3 heterocycles. The molecular formula is C17H23N5OS. The second-order valence-corrected chi connectivity index (χ2v) is 6.70. The molecule has 1 aliphatic rings. The van der Waals surface area contributed by atoms with E-state index < -0.39 is 0 Å². The lowest BCUT2D eigenvalue weighted by Crippen LogP contribution is -2.45. The lowest BCUT2D eigenvalue weighted by Gasteiger charge is -2.35. The molecule has 1 unspecified atom stereocenters. The van der Waals surface area contributed by atoms with Gasteiger partial charge in [0.1, 0.15) is 0 Å². The zero-order valence-electron chi connectivity index (χ0n) is 14.1. The molecule has 3 rings (SSSR count). The van der Waals surface area contributed by atoms with Crippen molar-refractivity contribution in [3.63, 3.8) is 0 Å². The Morgan fingerprint density at radius 2 is 2.42 bits per heavy atom. The van der Waals surface area contributed by atoms with E-state index in [9.17, 15) is 4.79 Å². The minimum absolute atomic E-state index is 0.0359. The summed E-state index contributed by atoms with van der Waals surface area (Å²) in [4.78, 5) is 24.7. The van der Waals surface area contributed by atoms with Gasteiger partial charge in [-0.3, -0.25) is 19.6 Å². The third-order valence-electron chi connectivity index (χ3n) is 4.26. The van der Waals surface area contributed by atoms with E-state index in [0.717, 1.165) is 37.0 Å². The highest BCUT2D eigenvalue weighted by Crippen LogP contribution is 2.26. The molecule has 128 valence electrons. The van der Waals surface area contributed by atoms with Crippen LogP contribution < -0.4 is 10.2 Å².